The van der Waals surface area contributed by atoms with Crippen LogP contribution >= 0.6 is 11.6 Å². The SMILES string of the molecule is CN(C(=O)CCCl)C1CC(Oc2nc(Nc3cnn(C)c3)nc3c2c(-c2ccccn2)cn3COCC[Si](C)(C)C)C1. The number of nitrogens with one attached hydrogen (secondary N) is 1. The number of rotatable bonds is 13. The molecule has 0 unspecified atom stereocenters. The second kappa shape index (κ2) is 12.8. The van der Waals surface area contributed by atoms with Crippen LogP contribution in [0.3, 0.4) is 0 Å². The van der Waals surface area contributed by atoms with Gasteiger partial charge < -0.3 is 24.3 Å². The first-order chi connectivity index (χ1) is 20.1. The van der Waals surface area contributed by atoms with Gasteiger partial charge in [0.15, 0.2) is 5.65 Å². The van der Waals surface area contributed by atoms with E-state index in [4.69, 9.17) is 31.0 Å². The summed E-state index contributed by atoms with van der Waals surface area (Å²) in [6.45, 7) is 8.04. The van der Waals surface area contributed by atoms with Crippen molar-refractivity contribution in [1.29, 1.82) is 0 Å². The molecule has 42 heavy (non-hydrogen) atoms. The Labute approximate surface area is 252 Å². The van der Waals surface area contributed by atoms with Gasteiger partial charge in [-0.15, -0.1) is 11.6 Å². The van der Waals surface area contributed by atoms with E-state index < -0.39 is 8.07 Å². The monoisotopic (exact) mass is 610 g/mol. The molecule has 1 saturated carbocycles. The van der Waals surface area contributed by atoms with Crippen LogP contribution in [0.2, 0.25) is 25.7 Å². The second-order valence-electron chi connectivity index (χ2n) is 12.0. The van der Waals surface area contributed by atoms with E-state index in [9.17, 15) is 4.79 Å². The van der Waals surface area contributed by atoms with E-state index in [1.807, 2.05) is 49.3 Å². The summed E-state index contributed by atoms with van der Waals surface area (Å²) in [5.74, 6) is 1.22. The molecular weight excluding hydrogens is 572 g/mol. The summed E-state index contributed by atoms with van der Waals surface area (Å²) in [4.78, 5) is 28.5. The van der Waals surface area contributed by atoms with Gasteiger partial charge >= 0.3 is 0 Å². The van der Waals surface area contributed by atoms with Crippen LogP contribution < -0.4 is 10.1 Å². The van der Waals surface area contributed by atoms with Crippen LogP contribution in [0, 0.1) is 0 Å². The van der Waals surface area contributed by atoms with Crippen molar-refractivity contribution in [3.8, 4) is 17.1 Å². The highest BCUT2D eigenvalue weighted by molar-refractivity contribution is 6.76. The predicted molar refractivity (Wildman–Crippen MR) is 167 cm³/mol. The van der Waals surface area contributed by atoms with Crippen LogP contribution in [-0.2, 0) is 23.3 Å². The van der Waals surface area contributed by atoms with Crippen molar-refractivity contribution in [1.82, 2.24) is 34.2 Å². The van der Waals surface area contributed by atoms with Gasteiger partial charge in [0.25, 0.3) is 0 Å². The van der Waals surface area contributed by atoms with Gasteiger partial charge in [-0.1, -0.05) is 25.7 Å². The number of hydrogen-bond acceptors (Lipinski definition) is 8. The summed E-state index contributed by atoms with van der Waals surface area (Å²) >= 11 is 5.79. The molecule has 5 rings (SSSR count). The lowest BCUT2D eigenvalue weighted by atomic mass is 9.88. The molecule has 0 bridgehead atoms. The lowest BCUT2D eigenvalue weighted by Gasteiger charge is -2.40. The van der Waals surface area contributed by atoms with Gasteiger partial charge in [-0.2, -0.15) is 15.1 Å². The third-order valence-electron chi connectivity index (χ3n) is 7.41. The van der Waals surface area contributed by atoms with Crippen LogP contribution in [0.5, 0.6) is 5.88 Å². The average molecular weight is 611 g/mol. The van der Waals surface area contributed by atoms with Gasteiger partial charge in [0.1, 0.15) is 12.8 Å². The summed E-state index contributed by atoms with van der Waals surface area (Å²) in [5.41, 5.74) is 3.11. The van der Waals surface area contributed by atoms with Crippen molar-refractivity contribution in [3.63, 3.8) is 0 Å². The quantitative estimate of drug-likeness (QED) is 0.124. The Morgan fingerprint density at radius 3 is 2.69 bits per heavy atom. The number of anilines is 2. The minimum atomic E-state index is -1.24. The van der Waals surface area contributed by atoms with Gasteiger partial charge in [-0.25, -0.2) is 0 Å². The van der Waals surface area contributed by atoms with Crippen LogP contribution in [0.4, 0.5) is 11.6 Å². The molecule has 0 spiro atoms. The molecule has 13 heteroatoms. The number of carbonyl (C=O) groups excluding carboxylic acids is 1. The first-order valence-corrected chi connectivity index (χ1v) is 18.5. The Kier molecular flexibility index (Phi) is 9.14. The average Bonchev–Trinajstić information content (AvgIpc) is 3.51. The summed E-state index contributed by atoms with van der Waals surface area (Å²) in [5, 5.41) is 8.29. The van der Waals surface area contributed by atoms with Crippen molar-refractivity contribution in [2.75, 3.05) is 24.9 Å². The highest BCUT2D eigenvalue weighted by atomic mass is 35.5. The fraction of sp³-hybridized carbons (Fsp3) is 0.483. The topological polar surface area (TPSA) is 112 Å². The molecule has 0 saturated heterocycles. The third-order valence-corrected chi connectivity index (χ3v) is 9.30. The van der Waals surface area contributed by atoms with Crippen molar-refractivity contribution in [2.45, 2.75) is 63.8 Å². The number of alkyl halides is 1. The standard InChI is InChI=1S/C29H39ClN8O3Si/c1-36-17-20(16-32-36)33-29-34-27-26(28(35-29)41-22-14-21(15-22)37(2)25(39)9-10-30)23(24-8-6-7-11-31-24)18-38(27)19-40-12-13-42(3,4)5/h6-8,11,16-18,21-22H,9-10,12-15,19H2,1-5H3,(H,33,34,35). The van der Waals surface area contributed by atoms with Crippen LogP contribution in [0.25, 0.3) is 22.3 Å². The zero-order chi connectivity index (χ0) is 29.9. The minimum absolute atomic E-state index is 0.0458. The maximum absolute atomic E-state index is 12.3. The number of aromatic nitrogens is 6. The van der Waals surface area contributed by atoms with Gasteiger partial charge in [0, 0.05) is 84.1 Å². The molecule has 4 heterocycles. The molecular formula is C29H39ClN8O3Si. The number of halogens is 1. The number of pyridine rings is 1. The summed E-state index contributed by atoms with van der Waals surface area (Å²) < 4.78 is 16.4. The number of fused-ring (bicyclic) bond motifs is 1. The van der Waals surface area contributed by atoms with Crippen LogP contribution in [-0.4, -0.2) is 79.9 Å². The molecule has 0 aromatic carbocycles. The van der Waals surface area contributed by atoms with Crippen molar-refractivity contribution in [2.24, 2.45) is 7.05 Å². The number of amides is 1. The second-order valence-corrected chi connectivity index (χ2v) is 18.0. The highest BCUT2D eigenvalue weighted by Gasteiger charge is 2.36. The van der Waals surface area contributed by atoms with Gasteiger partial charge in [0.2, 0.25) is 17.7 Å². The Morgan fingerprint density at radius 1 is 1.21 bits per heavy atom. The van der Waals surface area contributed by atoms with E-state index >= 15 is 0 Å². The van der Waals surface area contributed by atoms with E-state index in [0.717, 1.165) is 28.4 Å². The molecule has 0 atom stereocenters. The molecule has 0 aliphatic heterocycles. The number of nitrogens with zero attached hydrogens (tertiary/aromatic N) is 7. The molecule has 224 valence electrons. The lowest BCUT2D eigenvalue weighted by molar-refractivity contribution is -0.134. The summed E-state index contributed by atoms with van der Waals surface area (Å²) in [7, 11) is 2.45. The Morgan fingerprint density at radius 2 is 2.02 bits per heavy atom. The largest absolute Gasteiger partial charge is 0.474 e. The molecule has 11 nitrogen and oxygen atoms in total. The Bertz CT molecular complexity index is 1510. The molecule has 1 aliphatic rings. The van der Waals surface area contributed by atoms with Crippen LogP contribution in [0.15, 0.2) is 43.0 Å². The first kappa shape index (κ1) is 30.0. The molecule has 1 N–H and O–H groups in total. The van der Waals surface area contributed by atoms with Crippen LogP contribution in [0.1, 0.15) is 19.3 Å². The maximum atomic E-state index is 12.3. The summed E-state index contributed by atoms with van der Waals surface area (Å²) in [6, 6.07) is 6.99. The number of hydrogen-bond donors (Lipinski definition) is 1. The van der Waals surface area contributed by atoms with Gasteiger partial charge in [-0.3, -0.25) is 14.5 Å². The van der Waals surface area contributed by atoms with Crippen molar-refractivity contribution >= 4 is 48.3 Å². The van der Waals surface area contributed by atoms with E-state index in [-0.39, 0.29) is 18.1 Å². The Hall–Kier alpha value is -3.48. The van der Waals surface area contributed by atoms with E-state index in [1.54, 1.807) is 22.0 Å². The molecule has 1 aliphatic carbocycles. The molecule has 1 amide bonds. The lowest BCUT2D eigenvalue weighted by Crippen LogP contribution is -2.50. The molecule has 4 aromatic heterocycles. The minimum Gasteiger partial charge on any atom is -0.474 e. The smallest absolute Gasteiger partial charge is 0.232 e. The van der Waals surface area contributed by atoms with E-state index in [2.05, 4.69) is 35.0 Å². The maximum Gasteiger partial charge on any atom is 0.232 e. The zero-order valence-corrected chi connectivity index (χ0v) is 26.6. The number of carbonyl (C=O) groups is 1. The predicted octanol–water partition coefficient (Wildman–Crippen LogP) is 5.28. The molecule has 4 aromatic rings. The number of aryl methyl sites for hydroxylation is 1. The molecule has 1 fully saturated rings. The fourth-order valence-corrected chi connectivity index (χ4v) is 5.75. The number of ether oxygens (including phenoxy) is 2. The molecule has 0 radical (unpaired) electrons. The first-order valence-electron chi connectivity index (χ1n) is 14.3. The van der Waals surface area contributed by atoms with Gasteiger partial charge in [-0.05, 0) is 18.2 Å². The Balaban J connectivity index is 1.49. The zero-order valence-electron chi connectivity index (χ0n) is 24.9. The third kappa shape index (κ3) is 7.11. The van der Waals surface area contributed by atoms with Gasteiger partial charge in [0.05, 0.1) is 23.0 Å². The normalized spacial score (nSPS) is 16.8. The van der Waals surface area contributed by atoms with E-state index in [0.29, 0.717) is 56.0 Å². The summed E-state index contributed by atoms with van der Waals surface area (Å²) in [6.07, 6.45) is 9.01. The van der Waals surface area contributed by atoms with Crippen molar-refractivity contribution < 1.29 is 14.3 Å². The highest BCUT2D eigenvalue weighted by Crippen LogP contribution is 2.38. The van der Waals surface area contributed by atoms with E-state index in [1.165, 1.54) is 0 Å². The van der Waals surface area contributed by atoms with Crippen molar-refractivity contribution in [3.05, 3.63) is 43.0 Å². The fourth-order valence-electron chi connectivity index (χ4n) is 4.83.